The molecule has 5 nitrogen and oxygen atoms in total. The minimum absolute atomic E-state index is 0.362. The van der Waals surface area contributed by atoms with Crippen LogP contribution in [0.15, 0.2) is 0 Å². The first-order valence-electron chi connectivity index (χ1n) is 4.17. The Labute approximate surface area is 75.6 Å². The van der Waals surface area contributed by atoms with Gasteiger partial charge in [0.25, 0.3) is 0 Å². The first-order valence-corrected chi connectivity index (χ1v) is 4.17. The van der Waals surface area contributed by atoms with E-state index < -0.39 is 12.1 Å². The molecule has 1 saturated heterocycles. The number of hydrogen-bond acceptors (Lipinski definition) is 4. The molecule has 0 aromatic heterocycles. The number of aldehydes is 1. The van der Waals surface area contributed by atoms with Gasteiger partial charge in [-0.1, -0.05) is 0 Å². The molecule has 0 aromatic carbocycles. The third kappa shape index (κ3) is 2.85. The third-order valence-corrected chi connectivity index (χ3v) is 1.82. The summed E-state index contributed by atoms with van der Waals surface area (Å²) in [6, 6.07) is 0. The molecule has 5 heteroatoms. The van der Waals surface area contributed by atoms with Crippen molar-refractivity contribution in [2.45, 2.75) is 19.3 Å². The van der Waals surface area contributed by atoms with Crippen molar-refractivity contribution >= 4 is 18.3 Å². The monoisotopic (exact) mass is 185 g/mol. The SMILES string of the molecule is O=CCC(=O)OC(=O)N1CCCC1. The summed E-state index contributed by atoms with van der Waals surface area (Å²) in [5.41, 5.74) is 0. The molecule has 13 heavy (non-hydrogen) atoms. The Kier molecular flexibility index (Phi) is 3.42. The summed E-state index contributed by atoms with van der Waals surface area (Å²) in [6.45, 7) is 1.26. The molecule has 0 radical (unpaired) electrons. The smallest absolute Gasteiger partial charge is 0.376 e. The molecule has 1 aliphatic rings. The average Bonchev–Trinajstić information content (AvgIpc) is 2.55. The standard InChI is InChI=1S/C8H11NO4/c10-6-3-7(11)13-8(12)9-4-1-2-5-9/h6H,1-5H2. The van der Waals surface area contributed by atoms with Gasteiger partial charge in [0, 0.05) is 13.1 Å². The van der Waals surface area contributed by atoms with Crippen LogP contribution in [0, 0.1) is 0 Å². The van der Waals surface area contributed by atoms with E-state index in [2.05, 4.69) is 4.74 Å². The Morgan fingerprint density at radius 3 is 2.46 bits per heavy atom. The molecule has 0 aromatic rings. The summed E-state index contributed by atoms with van der Waals surface area (Å²) >= 11 is 0. The summed E-state index contributed by atoms with van der Waals surface area (Å²) in [6.07, 6.45) is 1.30. The molecule has 1 aliphatic heterocycles. The van der Waals surface area contributed by atoms with Crippen LogP contribution < -0.4 is 0 Å². The van der Waals surface area contributed by atoms with Crippen molar-refractivity contribution in [3.05, 3.63) is 0 Å². The quantitative estimate of drug-likeness (QED) is 0.353. The number of ether oxygens (including phenoxy) is 1. The van der Waals surface area contributed by atoms with E-state index in [0.29, 0.717) is 19.4 Å². The van der Waals surface area contributed by atoms with Crippen molar-refractivity contribution in [2.75, 3.05) is 13.1 Å². The maximum absolute atomic E-state index is 11.1. The van der Waals surface area contributed by atoms with Gasteiger partial charge in [-0.15, -0.1) is 0 Å². The normalized spacial score (nSPS) is 15.5. The lowest BCUT2D eigenvalue weighted by molar-refractivity contribution is -0.139. The molecule has 0 bridgehead atoms. The Hall–Kier alpha value is -1.39. The first kappa shape index (κ1) is 9.70. The second kappa shape index (κ2) is 4.59. The van der Waals surface area contributed by atoms with Crippen molar-refractivity contribution < 1.29 is 19.1 Å². The highest BCUT2D eigenvalue weighted by molar-refractivity contribution is 5.91. The zero-order valence-electron chi connectivity index (χ0n) is 7.19. The first-order chi connectivity index (χ1) is 6.24. The Morgan fingerprint density at radius 2 is 1.92 bits per heavy atom. The number of esters is 1. The van der Waals surface area contributed by atoms with Gasteiger partial charge in [-0.25, -0.2) is 4.79 Å². The van der Waals surface area contributed by atoms with Gasteiger partial charge in [0.2, 0.25) is 0 Å². The Bertz CT molecular complexity index is 220. The van der Waals surface area contributed by atoms with Crippen molar-refractivity contribution in [3.8, 4) is 0 Å². The van der Waals surface area contributed by atoms with E-state index in [4.69, 9.17) is 0 Å². The van der Waals surface area contributed by atoms with Crippen LogP contribution in [0.5, 0.6) is 0 Å². The molecule has 72 valence electrons. The minimum Gasteiger partial charge on any atom is -0.376 e. The predicted molar refractivity (Wildman–Crippen MR) is 43.0 cm³/mol. The highest BCUT2D eigenvalue weighted by Gasteiger charge is 2.21. The molecule has 0 aliphatic carbocycles. The summed E-state index contributed by atoms with van der Waals surface area (Å²) in [7, 11) is 0. The van der Waals surface area contributed by atoms with Crippen LogP contribution in [0.3, 0.4) is 0 Å². The van der Waals surface area contributed by atoms with Gasteiger partial charge in [-0.05, 0) is 12.8 Å². The van der Waals surface area contributed by atoms with Crippen LogP contribution in [0.1, 0.15) is 19.3 Å². The highest BCUT2D eigenvalue weighted by atomic mass is 16.6. The molecular weight excluding hydrogens is 174 g/mol. The number of rotatable bonds is 2. The van der Waals surface area contributed by atoms with E-state index in [1.807, 2.05) is 0 Å². The van der Waals surface area contributed by atoms with Gasteiger partial charge < -0.3 is 14.4 Å². The zero-order valence-corrected chi connectivity index (χ0v) is 7.19. The number of likely N-dealkylation sites (tertiary alicyclic amines) is 1. The highest BCUT2D eigenvalue weighted by Crippen LogP contribution is 2.08. The number of nitrogens with zero attached hydrogens (tertiary/aromatic N) is 1. The molecule has 1 fully saturated rings. The fraction of sp³-hybridized carbons (Fsp3) is 0.625. The molecule has 1 rings (SSSR count). The van der Waals surface area contributed by atoms with Crippen LogP contribution in [-0.2, 0) is 14.3 Å². The number of carbonyl (C=O) groups excluding carboxylic acids is 3. The van der Waals surface area contributed by atoms with Gasteiger partial charge >= 0.3 is 12.1 Å². The fourth-order valence-electron chi connectivity index (χ4n) is 1.17. The summed E-state index contributed by atoms with van der Waals surface area (Å²) in [5, 5.41) is 0. The Balaban J connectivity index is 2.31. The largest absolute Gasteiger partial charge is 0.417 e. The lowest BCUT2D eigenvalue weighted by Crippen LogP contribution is -2.30. The lowest BCUT2D eigenvalue weighted by Gasteiger charge is -2.12. The second-order valence-corrected chi connectivity index (χ2v) is 2.80. The number of amides is 1. The summed E-state index contributed by atoms with van der Waals surface area (Å²) in [5.74, 6) is -0.785. The minimum atomic E-state index is -0.785. The zero-order chi connectivity index (χ0) is 9.68. The van der Waals surface area contributed by atoms with Gasteiger partial charge in [-0.2, -0.15) is 0 Å². The van der Waals surface area contributed by atoms with Crippen LogP contribution in [0.2, 0.25) is 0 Å². The maximum atomic E-state index is 11.1. The molecule has 1 heterocycles. The predicted octanol–water partition coefficient (Wildman–Crippen LogP) is 0.334. The van der Waals surface area contributed by atoms with Gasteiger partial charge in [0.15, 0.2) is 0 Å². The number of carbonyl (C=O) groups is 3. The van der Waals surface area contributed by atoms with E-state index in [1.54, 1.807) is 0 Å². The van der Waals surface area contributed by atoms with Gasteiger partial charge in [0.1, 0.15) is 12.7 Å². The van der Waals surface area contributed by atoms with Gasteiger partial charge in [-0.3, -0.25) is 4.79 Å². The molecule has 0 saturated carbocycles. The molecule has 1 amide bonds. The lowest BCUT2D eigenvalue weighted by atomic mass is 10.4. The Morgan fingerprint density at radius 1 is 1.31 bits per heavy atom. The summed E-state index contributed by atoms with van der Waals surface area (Å²) < 4.78 is 4.39. The molecule has 0 unspecified atom stereocenters. The van der Waals surface area contributed by atoms with Gasteiger partial charge in [0.05, 0.1) is 0 Å². The topological polar surface area (TPSA) is 63.7 Å². The van der Waals surface area contributed by atoms with Crippen LogP contribution in [-0.4, -0.2) is 36.3 Å². The molecule has 0 atom stereocenters. The van der Waals surface area contributed by atoms with Crippen molar-refractivity contribution in [1.82, 2.24) is 4.90 Å². The van der Waals surface area contributed by atoms with Crippen molar-refractivity contribution in [1.29, 1.82) is 0 Å². The van der Waals surface area contributed by atoms with E-state index in [-0.39, 0.29) is 6.42 Å². The van der Waals surface area contributed by atoms with Crippen LogP contribution in [0.4, 0.5) is 4.79 Å². The number of hydrogen-bond donors (Lipinski definition) is 0. The maximum Gasteiger partial charge on any atom is 0.417 e. The molecule has 0 spiro atoms. The van der Waals surface area contributed by atoms with Crippen LogP contribution in [0.25, 0.3) is 0 Å². The average molecular weight is 185 g/mol. The van der Waals surface area contributed by atoms with E-state index in [9.17, 15) is 14.4 Å². The summed E-state index contributed by atoms with van der Waals surface area (Å²) in [4.78, 5) is 33.2. The second-order valence-electron chi connectivity index (χ2n) is 2.80. The van der Waals surface area contributed by atoms with E-state index in [0.717, 1.165) is 12.8 Å². The van der Waals surface area contributed by atoms with Crippen molar-refractivity contribution in [2.24, 2.45) is 0 Å². The van der Waals surface area contributed by atoms with Crippen LogP contribution >= 0.6 is 0 Å². The van der Waals surface area contributed by atoms with Crippen molar-refractivity contribution in [3.63, 3.8) is 0 Å². The molecular formula is C8H11NO4. The van der Waals surface area contributed by atoms with E-state index >= 15 is 0 Å². The third-order valence-electron chi connectivity index (χ3n) is 1.82. The molecule has 0 N–H and O–H groups in total. The fourth-order valence-corrected chi connectivity index (χ4v) is 1.17. The van der Waals surface area contributed by atoms with E-state index in [1.165, 1.54) is 4.90 Å².